The molecule has 136 valence electrons. The molecule has 1 unspecified atom stereocenters. The second-order valence-electron chi connectivity index (χ2n) is 5.80. The predicted octanol–water partition coefficient (Wildman–Crippen LogP) is 1.83. The number of likely N-dealkylation sites (tertiary alicyclic amines) is 1. The van der Waals surface area contributed by atoms with E-state index in [9.17, 15) is 19.7 Å². The lowest BCUT2D eigenvalue weighted by molar-refractivity contribution is -0.384. The van der Waals surface area contributed by atoms with Crippen molar-refractivity contribution in [2.75, 3.05) is 26.2 Å². The number of hydrogen-bond acceptors (Lipinski definition) is 5. The molecule has 0 saturated carbocycles. The molecule has 0 radical (unpaired) electrons. The molecule has 2 rings (SSSR count). The van der Waals surface area contributed by atoms with Crippen LogP contribution in [0.25, 0.3) is 0 Å². The number of likely N-dealkylation sites (N-methyl/N-ethyl adjacent to an activating group) is 1. The minimum atomic E-state index is -0.497. The average Bonchev–Trinajstić information content (AvgIpc) is 3.10. The number of ether oxygens (including phenoxy) is 1. The van der Waals surface area contributed by atoms with Crippen molar-refractivity contribution in [3.63, 3.8) is 0 Å². The SMILES string of the molecule is CCN(CC)C(=O)C1CCCN1C(=O)COc1ccc([N+](=O)[O-])cc1. The molecule has 1 aromatic rings. The van der Waals surface area contributed by atoms with Gasteiger partial charge in [0.2, 0.25) is 5.91 Å². The van der Waals surface area contributed by atoms with Gasteiger partial charge in [-0.05, 0) is 38.8 Å². The molecule has 8 nitrogen and oxygen atoms in total. The Morgan fingerprint density at radius 3 is 2.48 bits per heavy atom. The lowest BCUT2D eigenvalue weighted by Gasteiger charge is -2.29. The first kappa shape index (κ1) is 18.7. The summed E-state index contributed by atoms with van der Waals surface area (Å²) in [6, 6.07) is 5.12. The van der Waals surface area contributed by atoms with Crippen molar-refractivity contribution in [1.29, 1.82) is 0 Å². The van der Waals surface area contributed by atoms with Gasteiger partial charge in [-0.3, -0.25) is 19.7 Å². The Hall–Kier alpha value is -2.64. The van der Waals surface area contributed by atoms with Crippen molar-refractivity contribution in [2.45, 2.75) is 32.7 Å². The van der Waals surface area contributed by atoms with Gasteiger partial charge >= 0.3 is 0 Å². The summed E-state index contributed by atoms with van der Waals surface area (Å²) in [5.74, 6) is 0.109. The summed E-state index contributed by atoms with van der Waals surface area (Å²) in [7, 11) is 0. The average molecular weight is 349 g/mol. The van der Waals surface area contributed by atoms with E-state index in [1.807, 2.05) is 13.8 Å². The van der Waals surface area contributed by atoms with E-state index < -0.39 is 11.0 Å². The number of carbonyl (C=O) groups excluding carboxylic acids is 2. The van der Waals surface area contributed by atoms with E-state index in [4.69, 9.17) is 4.74 Å². The lowest BCUT2D eigenvalue weighted by atomic mass is 10.2. The van der Waals surface area contributed by atoms with Crippen LogP contribution in [-0.2, 0) is 9.59 Å². The topological polar surface area (TPSA) is 93.0 Å². The zero-order valence-electron chi connectivity index (χ0n) is 14.5. The molecule has 0 spiro atoms. The van der Waals surface area contributed by atoms with Gasteiger partial charge in [-0.25, -0.2) is 0 Å². The summed E-state index contributed by atoms with van der Waals surface area (Å²) in [4.78, 5) is 38.4. The first-order chi connectivity index (χ1) is 12.0. The number of nitro benzene ring substituents is 1. The molecule has 1 aliphatic rings. The van der Waals surface area contributed by atoms with Crippen molar-refractivity contribution in [2.24, 2.45) is 0 Å². The largest absolute Gasteiger partial charge is 0.484 e. The van der Waals surface area contributed by atoms with E-state index in [2.05, 4.69) is 0 Å². The Bertz CT molecular complexity index is 628. The molecule has 0 aromatic heterocycles. The maximum atomic E-state index is 12.5. The summed E-state index contributed by atoms with van der Waals surface area (Å²) in [6.07, 6.45) is 1.46. The van der Waals surface area contributed by atoms with Crippen LogP contribution < -0.4 is 4.74 Å². The number of nitrogens with zero attached hydrogens (tertiary/aromatic N) is 3. The molecule has 0 N–H and O–H groups in total. The predicted molar refractivity (Wildman–Crippen MR) is 91.3 cm³/mol. The van der Waals surface area contributed by atoms with Gasteiger partial charge in [-0.15, -0.1) is 0 Å². The quantitative estimate of drug-likeness (QED) is 0.553. The van der Waals surface area contributed by atoms with Crippen LogP contribution in [0.15, 0.2) is 24.3 Å². The molecule has 2 amide bonds. The fourth-order valence-corrected chi connectivity index (χ4v) is 2.96. The van der Waals surface area contributed by atoms with E-state index >= 15 is 0 Å². The smallest absolute Gasteiger partial charge is 0.269 e. The molecule has 1 fully saturated rings. The van der Waals surface area contributed by atoms with Crippen LogP contribution in [0.2, 0.25) is 0 Å². The zero-order chi connectivity index (χ0) is 18.4. The van der Waals surface area contributed by atoms with Gasteiger partial charge in [0.1, 0.15) is 11.8 Å². The van der Waals surface area contributed by atoms with Gasteiger partial charge < -0.3 is 14.5 Å². The maximum absolute atomic E-state index is 12.5. The standard InChI is InChI=1S/C17H23N3O5/c1-3-18(4-2)17(22)15-6-5-11-19(15)16(21)12-25-14-9-7-13(8-10-14)20(23)24/h7-10,15H,3-6,11-12H2,1-2H3. The Labute approximate surface area is 146 Å². The summed E-state index contributed by atoms with van der Waals surface area (Å²) in [5, 5.41) is 10.6. The summed E-state index contributed by atoms with van der Waals surface area (Å²) < 4.78 is 5.42. The summed E-state index contributed by atoms with van der Waals surface area (Å²) in [5.41, 5.74) is -0.0388. The molecule has 1 saturated heterocycles. The molecule has 0 bridgehead atoms. The molecule has 1 atom stereocenters. The third-order valence-corrected chi connectivity index (χ3v) is 4.34. The molecule has 1 heterocycles. The second kappa shape index (κ2) is 8.46. The minimum Gasteiger partial charge on any atom is -0.484 e. The molecule has 0 aliphatic carbocycles. The number of benzene rings is 1. The first-order valence-electron chi connectivity index (χ1n) is 8.43. The van der Waals surface area contributed by atoms with E-state index in [0.717, 1.165) is 6.42 Å². The molecular formula is C17H23N3O5. The number of amides is 2. The highest BCUT2D eigenvalue weighted by Gasteiger charge is 2.35. The monoisotopic (exact) mass is 349 g/mol. The van der Waals surface area contributed by atoms with Crippen LogP contribution in [0, 0.1) is 10.1 Å². The second-order valence-corrected chi connectivity index (χ2v) is 5.80. The van der Waals surface area contributed by atoms with Gasteiger partial charge in [0.25, 0.3) is 11.6 Å². The van der Waals surface area contributed by atoms with Crippen LogP contribution in [0.3, 0.4) is 0 Å². The zero-order valence-corrected chi connectivity index (χ0v) is 14.5. The van der Waals surface area contributed by atoms with E-state index in [1.165, 1.54) is 24.3 Å². The highest BCUT2D eigenvalue weighted by Crippen LogP contribution is 2.21. The van der Waals surface area contributed by atoms with Crippen LogP contribution >= 0.6 is 0 Å². The Balaban J connectivity index is 1.95. The Morgan fingerprint density at radius 1 is 1.28 bits per heavy atom. The fraction of sp³-hybridized carbons (Fsp3) is 0.529. The maximum Gasteiger partial charge on any atom is 0.269 e. The van der Waals surface area contributed by atoms with Gasteiger partial charge in [-0.1, -0.05) is 0 Å². The minimum absolute atomic E-state index is 0.0221. The third kappa shape index (κ3) is 4.46. The number of hydrogen-bond donors (Lipinski definition) is 0. The molecule has 1 aliphatic heterocycles. The van der Waals surface area contributed by atoms with Crippen molar-refractivity contribution >= 4 is 17.5 Å². The molecular weight excluding hydrogens is 326 g/mol. The van der Waals surface area contributed by atoms with Gasteiger partial charge in [0, 0.05) is 31.8 Å². The van der Waals surface area contributed by atoms with Crippen LogP contribution in [0.4, 0.5) is 5.69 Å². The van der Waals surface area contributed by atoms with Crippen LogP contribution in [0.1, 0.15) is 26.7 Å². The summed E-state index contributed by atoms with van der Waals surface area (Å²) >= 11 is 0. The molecule has 1 aromatic carbocycles. The van der Waals surface area contributed by atoms with Gasteiger partial charge in [-0.2, -0.15) is 0 Å². The first-order valence-corrected chi connectivity index (χ1v) is 8.43. The van der Waals surface area contributed by atoms with Gasteiger partial charge in [0.15, 0.2) is 6.61 Å². The third-order valence-electron chi connectivity index (χ3n) is 4.34. The van der Waals surface area contributed by atoms with Crippen molar-refractivity contribution in [1.82, 2.24) is 9.80 Å². The van der Waals surface area contributed by atoms with Crippen molar-refractivity contribution < 1.29 is 19.2 Å². The highest BCUT2D eigenvalue weighted by molar-refractivity contribution is 5.88. The molecule has 25 heavy (non-hydrogen) atoms. The van der Waals surface area contributed by atoms with Gasteiger partial charge in [0.05, 0.1) is 4.92 Å². The van der Waals surface area contributed by atoms with Crippen LogP contribution in [-0.4, -0.2) is 58.8 Å². The Morgan fingerprint density at radius 2 is 1.92 bits per heavy atom. The number of carbonyl (C=O) groups is 2. The van der Waals surface area contributed by atoms with Crippen molar-refractivity contribution in [3.8, 4) is 5.75 Å². The Kier molecular flexibility index (Phi) is 6.32. The van der Waals surface area contributed by atoms with E-state index in [1.54, 1.807) is 9.80 Å². The lowest BCUT2D eigenvalue weighted by Crippen LogP contribution is -2.48. The van der Waals surface area contributed by atoms with E-state index in [0.29, 0.717) is 31.8 Å². The van der Waals surface area contributed by atoms with E-state index in [-0.39, 0.29) is 24.1 Å². The normalized spacial score (nSPS) is 16.6. The fourth-order valence-electron chi connectivity index (χ4n) is 2.96. The highest BCUT2D eigenvalue weighted by atomic mass is 16.6. The number of non-ortho nitro benzene ring substituents is 1. The van der Waals surface area contributed by atoms with Crippen LogP contribution in [0.5, 0.6) is 5.75 Å². The number of rotatable bonds is 7. The summed E-state index contributed by atoms with van der Waals surface area (Å²) in [6.45, 7) is 5.42. The molecule has 8 heteroatoms. The number of nitro groups is 1. The van der Waals surface area contributed by atoms with Crippen molar-refractivity contribution in [3.05, 3.63) is 34.4 Å².